The molecular weight excluding hydrogens is 459 g/mol. The molecule has 182 valence electrons. The van der Waals surface area contributed by atoms with Gasteiger partial charge in [-0.25, -0.2) is 18.2 Å². The van der Waals surface area contributed by atoms with Gasteiger partial charge in [0.1, 0.15) is 11.4 Å². The number of aromatic nitrogens is 2. The zero-order chi connectivity index (χ0) is 25.3. The molecule has 0 radical (unpaired) electrons. The first-order valence-electron chi connectivity index (χ1n) is 10.9. The number of methoxy groups -OCH3 is 1. The number of carbonyl (C=O) groups is 1. The molecule has 1 saturated heterocycles. The van der Waals surface area contributed by atoms with E-state index in [4.69, 9.17) is 4.74 Å². The van der Waals surface area contributed by atoms with Gasteiger partial charge in [0.15, 0.2) is 17.5 Å². The number of benzene rings is 2. The number of nitrogens with one attached hydrogen (secondary N) is 1. The van der Waals surface area contributed by atoms with E-state index in [9.17, 15) is 18.0 Å². The van der Waals surface area contributed by atoms with Crippen molar-refractivity contribution in [1.29, 1.82) is 0 Å². The Balaban J connectivity index is 1.68. The Labute approximate surface area is 200 Å². The summed E-state index contributed by atoms with van der Waals surface area (Å²) in [6.07, 6.45) is 5.19. The average Bonchev–Trinajstić information content (AvgIpc) is 3.39. The number of hydrogen-bond acceptors (Lipinski definition) is 4. The van der Waals surface area contributed by atoms with Crippen molar-refractivity contribution >= 4 is 17.9 Å². The Hall–Kier alpha value is -4.08. The maximum absolute atomic E-state index is 13.8. The molecule has 10 heteroatoms. The molecule has 0 spiro atoms. The van der Waals surface area contributed by atoms with Crippen LogP contribution in [0.4, 0.5) is 13.2 Å². The van der Waals surface area contributed by atoms with Crippen LogP contribution >= 0.6 is 0 Å². The fraction of sp³-hybridized carbons (Fsp3) is 0.240. The Morgan fingerprint density at radius 2 is 1.91 bits per heavy atom. The summed E-state index contributed by atoms with van der Waals surface area (Å²) in [5, 5.41) is 2.99. The standard InChI is InChI=1S/C25H24F3N5O2/c1-5-29-25-31-20(24(34)33(25)15(3)17-10-18(26)23(28)19(27)11-17)8-16-6-7-21(22(9-16)35-4)32-12-14(2)30-13-32/h6-13,15H,5H2,1-4H3,(H,29,31)/b20-8-. The normalized spacial score (nSPS) is 16.8. The highest BCUT2D eigenvalue weighted by atomic mass is 19.2. The van der Waals surface area contributed by atoms with Crippen molar-refractivity contribution in [3.05, 3.63) is 82.8 Å². The number of amides is 1. The number of imidazole rings is 1. The molecule has 2 aromatic carbocycles. The average molecular weight is 483 g/mol. The summed E-state index contributed by atoms with van der Waals surface area (Å²) < 4.78 is 48.5. The molecule has 4 rings (SSSR count). The van der Waals surface area contributed by atoms with Gasteiger partial charge in [0.05, 0.1) is 30.9 Å². The lowest BCUT2D eigenvalue weighted by Gasteiger charge is -2.24. The molecule has 1 amide bonds. The summed E-state index contributed by atoms with van der Waals surface area (Å²) in [6, 6.07) is 6.39. The van der Waals surface area contributed by atoms with Gasteiger partial charge in [-0.15, -0.1) is 0 Å². The lowest BCUT2D eigenvalue weighted by Crippen LogP contribution is -2.35. The molecule has 1 aromatic heterocycles. The molecule has 0 saturated carbocycles. The number of ether oxygens (including phenoxy) is 1. The first-order valence-corrected chi connectivity index (χ1v) is 10.9. The number of rotatable bonds is 6. The third kappa shape index (κ3) is 4.64. The van der Waals surface area contributed by atoms with Gasteiger partial charge in [0, 0.05) is 12.7 Å². The lowest BCUT2D eigenvalue weighted by atomic mass is 10.1. The van der Waals surface area contributed by atoms with E-state index in [0.29, 0.717) is 17.9 Å². The lowest BCUT2D eigenvalue weighted by molar-refractivity contribution is -0.123. The van der Waals surface area contributed by atoms with Crippen molar-refractivity contribution in [3.63, 3.8) is 0 Å². The zero-order valence-corrected chi connectivity index (χ0v) is 19.6. The second kappa shape index (κ2) is 9.65. The van der Waals surface area contributed by atoms with Crippen molar-refractivity contribution in [2.24, 2.45) is 4.99 Å². The first-order chi connectivity index (χ1) is 16.7. The minimum Gasteiger partial charge on any atom is -0.495 e. The van der Waals surface area contributed by atoms with Gasteiger partial charge in [-0.05, 0) is 62.2 Å². The summed E-state index contributed by atoms with van der Waals surface area (Å²) in [5.41, 5.74) is 2.65. The third-order valence-electron chi connectivity index (χ3n) is 5.61. The molecule has 2 heterocycles. The van der Waals surface area contributed by atoms with Crippen LogP contribution in [0.15, 0.2) is 53.5 Å². The van der Waals surface area contributed by atoms with Crippen molar-refractivity contribution in [2.75, 3.05) is 13.7 Å². The van der Waals surface area contributed by atoms with Crippen molar-refractivity contribution in [2.45, 2.75) is 26.8 Å². The van der Waals surface area contributed by atoms with Crippen LogP contribution in [0.25, 0.3) is 11.8 Å². The molecule has 0 aliphatic carbocycles. The minimum atomic E-state index is -1.56. The summed E-state index contributed by atoms with van der Waals surface area (Å²) in [5.74, 6) is -3.83. The number of aryl methyl sites for hydroxylation is 1. The van der Waals surface area contributed by atoms with Crippen LogP contribution in [0.3, 0.4) is 0 Å². The summed E-state index contributed by atoms with van der Waals surface area (Å²) in [6.45, 7) is 5.63. The van der Waals surface area contributed by atoms with Gasteiger partial charge < -0.3 is 14.6 Å². The van der Waals surface area contributed by atoms with E-state index in [-0.39, 0.29) is 17.2 Å². The number of nitrogens with zero attached hydrogens (tertiary/aromatic N) is 4. The summed E-state index contributed by atoms with van der Waals surface area (Å²) in [7, 11) is 1.55. The molecule has 7 nitrogen and oxygen atoms in total. The molecule has 35 heavy (non-hydrogen) atoms. The molecule has 1 atom stereocenters. The molecule has 3 aromatic rings. The topological polar surface area (TPSA) is 71.7 Å². The summed E-state index contributed by atoms with van der Waals surface area (Å²) >= 11 is 0. The predicted octanol–water partition coefficient (Wildman–Crippen LogP) is 4.52. The van der Waals surface area contributed by atoms with Gasteiger partial charge in [-0.2, -0.15) is 0 Å². The molecule has 1 N–H and O–H groups in total. The Morgan fingerprint density at radius 1 is 1.20 bits per heavy atom. The first kappa shape index (κ1) is 24.1. The van der Waals surface area contributed by atoms with Crippen LogP contribution < -0.4 is 10.1 Å². The molecule has 0 bridgehead atoms. The van der Waals surface area contributed by atoms with Crippen molar-refractivity contribution in [3.8, 4) is 11.4 Å². The van der Waals surface area contributed by atoms with Gasteiger partial charge in [-0.1, -0.05) is 6.07 Å². The second-order valence-electron chi connectivity index (χ2n) is 7.98. The highest BCUT2D eigenvalue weighted by Crippen LogP contribution is 2.30. The van der Waals surface area contributed by atoms with Crippen LogP contribution in [0, 0.1) is 24.4 Å². The largest absolute Gasteiger partial charge is 0.495 e. The fourth-order valence-electron chi connectivity index (χ4n) is 3.87. The minimum absolute atomic E-state index is 0.100. The molecular formula is C25H24F3N5O2. The SMILES string of the molecule is CC/N=C1\N/C(=C\c2ccc(-n3cnc(C)c3)c(OC)c2)C(=O)N1C(C)c1cc(F)c(F)c(F)c1. The number of hydrogen-bond donors (Lipinski definition) is 1. The van der Waals surface area contributed by atoms with E-state index in [0.717, 1.165) is 23.5 Å². The highest BCUT2D eigenvalue weighted by Gasteiger charge is 2.36. The number of guanidine groups is 1. The van der Waals surface area contributed by atoms with E-state index in [1.165, 1.54) is 4.90 Å². The monoisotopic (exact) mass is 483 g/mol. The van der Waals surface area contributed by atoms with E-state index < -0.39 is 29.4 Å². The van der Waals surface area contributed by atoms with Gasteiger partial charge in [-0.3, -0.25) is 14.7 Å². The fourth-order valence-corrected chi connectivity index (χ4v) is 3.87. The molecule has 1 fully saturated rings. The van der Waals surface area contributed by atoms with Crippen LogP contribution in [0.5, 0.6) is 5.75 Å². The van der Waals surface area contributed by atoms with Crippen LogP contribution in [0.1, 0.15) is 36.7 Å². The highest BCUT2D eigenvalue weighted by molar-refractivity contribution is 6.15. The number of halogens is 3. The van der Waals surface area contributed by atoms with Gasteiger partial charge in [0.25, 0.3) is 5.91 Å². The smallest absolute Gasteiger partial charge is 0.277 e. The van der Waals surface area contributed by atoms with E-state index in [2.05, 4.69) is 15.3 Å². The Bertz CT molecular complexity index is 1330. The number of aliphatic imine (C=N–C) groups is 1. The molecule has 1 unspecified atom stereocenters. The molecule has 1 aliphatic rings. The van der Waals surface area contributed by atoms with Crippen LogP contribution in [0.2, 0.25) is 0 Å². The molecule has 1 aliphatic heterocycles. The van der Waals surface area contributed by atoms with Crippen molar-refractivity contribution < 1.29 is 22.7 Å². The predicted molar refractivity (Wildman–Crippen MR) is 126 cm³/mol. The van der Waals surface area contributed by atoms with Gasteiger partial charge in [0.2, 0.25) is 5.96 Å². The number of carbonyl (C=O) groups excluding carboxylic acids is 1. The van der Waals surface area contributed by atoms with E-state index in [1.54, 1.807) is 39.4 Å². The van der Waals surface area contributed by atoms with E-state index in [1.807, 2.05) is 29.8 Å². The third-order valence-corrected chi connectivity index (χ3v) is 5.61. The van der Waals surface area contributed by atoms with E-state index >= 15 is 0 Å². The van der Waals surface area contributed by atoms with Crippen LogP contribution in [-0.4, -0.2) is 40.0 Å². The Morgan fingerprint density at radius 3 is 2.51 bits per heavy atom. The summed E-state index contributed by atoms with van der Waals surface area (Å²) in [4.78, 5) is 23.1. The van der Waals surface area contributed by atoms with Crippen LogP contribution in [-0.2, 0) is 4.79 Å². The second-order valence-corrected chi connectivity index (χ2v) is 7.98. The van der Waals surface area contributed by atoms with Crippen molar-refractivity contribution in [1.82, 2.24) is 19.8 Å². The Kier molecular flexibility index (Phi) is 6.63. The maximum Gasteiger partial charge on any atom is 0.277 e. The zero-order valence-electron chi connectivity index (χ0n) is 19.6. The quantitative estimate of drug-likeness (QED) is 0.414. The van der Waals surface area contributed by atoms with Gasteiger partial charge >= 0.3 is 0 Å². The maximum atomic E-state index is 13.8.